The molecule has 1 heterocycles. The minimum atomic E-state index is -0.292. The lowest BCUT2D eigenvalue weighted by molar-refractivity contribution is 0.0946. The monoisotopic (exact) mass is 307 g/mol. The maximum absolute atomic E-state index is 12.8. The molecule has 0 aliphatic carbocycles. The highest BCUT2D eigenvalue weighted by molar-refractivity contribution is 7.09. The number of amides is 1. The summed E-state index contributed by atoms with van der Waals surface area (Å²) in [6, 6.07) is 5.90. The molecule has 0 saturated carbocycles. The zero-order chi connectivity index (χ0) is 15.2. The quantitative estimate of drug-likeness (QED) is 0.862. The first kappa shape index (κ1) is 15.6. The lowest BCUT2D eigenvalue weighted by atomic mass is 10.2. The van der Waals surface area contributed by atoms with Crippen LogP contribution in [0.1, 0.15) is 46.9 Å². The molecule has 0 fully saturated rings. The molecule has 112 valence electrons. The topological polar surface area (TPSA) is 68.0 Å². The van der Waals surface area contributed by atoms with Gasteiger partial charge in [-0.2, -0.15) is 0 Å². The fourth-order valence-corrected chi connectivity index (χ4v) is 2.71. The molecule has 3 N–H and O–H groups in total. The minimum absolute atomic E-state index is 0.112. The Kier molecular flexibility index (Phi) is 5.41. The number of nitrogens with zero attached hydrogens (tertiary/aromatic N) is 1. The third-order valence-electron chi connectivity index (χ3n) is 3.04. The molecule has 21 heavy (non-hydrogen) atoms. The first-order valence-corrected chi connectivity index (χ1v) is 7.71. The van der Waals surface area contributed by atoms with Crippen LogP contribution in [0.2, 0.25) is 0 Å². The highest BCUT2D eigenvalue weighted by Crippen LogP contribution is 2.20. The first-order valence-electron chi connectivity index (χ1n) is 6.83. The largest absolute Gasteiger partial charge is 0.347 e. The smallest absolute Gasteiger partial charge is 0.271 e. The van der Waals surface area contributed by atoms with Crippen molar-refractivity contribution in [2.45, 2.75) is 32.4 Å². The van der Waals surface area contributed by atoms with Crippen molar-refractivity contribution in [3.8, 4) is 0 Å². The van der Waals surface area contributed by atoms with E-state index >= 15 is 0 Å². The molecule has 1 unspecified atom stereocenters. The van der Waals surface area contributed by atoms with Gasteiger partial charge < -0.3 is 11.1 Å². The van der Waals surface area contributed by atoms with Gasteiger partial charge in [0.25, 0.3) is 5.91 Å². The number of hydrogen-bond donors (Lipinski definition) is 2. The normalized spacial score (nSPS) is 12.1. The third-order valence-corrected chi connectivity index (χ3v) is 4.01. The fraction of sp³-hybridized carbons (Fsp3) is 0.333. The van der Waals surface area contributed by atoms with Gasteiger partial charge in [0, 0.05) is 11.9 Å². The van der Waals surface area contributed by atoms with Gasteiger partial charge in [-0.05, 0) is 24.1 Å². The van der Waals surface area contributed by atoms with Crippen LogP contribution in [0.25, 0.3) is 0 Å². The van der Waals surface area contributed by atoms with Crippen molar-refractivity contribution >= 4 is 17.2 Å². The van der Waals surface area contributed by atoms with Crippen LogP contribution in [0.3, 0.4) is 0 Å². The van der Waals surface area contributed by atoms with Gasteiger partial charge in [-0.1, -0.05) is 25.5 Å². The van der Waals surface area contributed by atoms with Crippen molar-refractivity contribution in [3.05, 3.63) is 51.7 Å². The van der Waals surface area contributed by atoms with E-state index < -0.39 is 0 Å². The molecule has 0 aliphatic heterocycles. The summed E-state index contributed by atoms with van der Waals surface area (Å²) in [6.45, 7) is 2.40. The van der Waals surface area contributed by atoms with Crippen LogP contribution in [-0.4, -0.2) is 10.9 Å². The molecule has 0 saturated heterocycles. The Labute approximate surface area is 127 Å². The minimum Gasteiger partial charge on any atom is -0.347 e. The summed E-state index contributed by atoms with van der Waals surface area (Å²) in [6.07, 6.45) is 1.83. The summed E-state index contributed by atoms with van der Waals surface area (Å²) < 4.78 is 12.8. The summed E-state index contributed by atoms with van der Waals surface area (Å²) in [5.41, 5.74) is 7.19. The van der Waals surface area contributed by atoms with E-state index in [1.807, 2.05) is 0 Å². The van der Waals surface area contributed by atoms with Crippen LogP contribution in [0.15, 0.2) is 29.6 Å². The SMILES string of the molecule is CCCC(N)c1nc(C(=O)NCc2ccc(F)cc2)cs1. The molecule has 2 aromatic rings. The molecule has 1 amide bonds. The fourth-order valence-electron chi connectivity index (χ4n) is 1.87. The number of nitrogens with two attached hydrogens (primary N) is 1. The molecule has 0 radical (unpaired) electrons. The summed E-state index contributed by atoms with van der Waals surface area (Å²) in [7, 11) is 0. The van der Waals surface area contributed by atoms with Gasteiger partial charge in [-0.3, -0.25) is 4.79 Å². The second-order valence-electron chi connectivity index (χ2n) is 4.78. The molecule has 0 aliphatic rings. The number of benzene rings is 1. The van der Waals surface area contributed by atoms with Crippen LogP contribution in [0.5, 0.6) is 0 Å². The van der Waals surface area contributed by atoms with Gasteiger partial charge in [0.1, 0.15) is 16.5 Å². The predicted octanol–water partition coefficient (Wildman–Crippen LogP) is 3.01. The maximum Gasteiger partial charge on any atom is 0.271 e. The van der Waals surface area contributed by atoms with Crippen molar-refractivity contribution < 1.29 is 9.18 Å². The zero-order valence-electron chi connectivity index (χ0n) is 11.8. The Balaban J connectivity index is 1.93. The Morgan fingerprint density at radius 3 is 2.81 bits per heavy atom. The first-order chi connectivity index (χ1) is 10.1. The van der Waals surface area contributed by atoms with Crippen LogP contribution in [-0.2, 0) is 6.54 Å². The Morgan fingerprint density at radius 1 is 1.43 bits per heavy atom. The Hall–Kier alpha value is -1.79. The number of hydrogen-bond acceptors (Lipinski definition) is 4. The molecule has 0 bridgehead atoms. The molecule has 4 nitrogen and oxygen atoms in total. The predicted molar refractivity (Wildman–Crippen MR) is 81.5 cm³/mol. The van der Waals surface area contributed by atoms with Crippen molar-refractivity contribution in [2.24, 2.45) is 5.73 Å². The average molecular weight is 307 g/mol. The van der Waals surface area contributed by atoms with E-state index in [1.165, 1.54) is 23.5 Å². The molecule has 1 aromatic carbocycles. The van der Waals surface area contributed by atoms with Crippen molar-refractivity contribution in [1.82, 2.24) is 10.3 Å². The van der Waals surface area contributed by atoms with Gasteiger partial charge in [-0.15, -0.1) is 11.3 Å². The second-order valence-corrected chi connectivity index (χ2v) is 5.66. The maximum atomic E-state index is 12.8. The molecule has 2 rings (SSSR count). The number of nitrogens with one attached hydrogen (secondary N) is 1. The number of aromatic nitrogens is 1. The van der Waals surface area contributed by atoms with Crippen molar-refractivity contribution in [1.29, 1.82) is 0 Å². The van der Waals surface area contributed by atoms with Crippen LogP contribution < -0.4 is 11.1 Å². The van der Waals surface area contributed by atoms with E-state index in [0.717, 1.165) is 23.4 Å². The lowest BCUT2D eigenvalue weighted by Gasteiger charge is -2.05. The van der Waals surface area contributed by atoms with Crippen LogP contribution >= 0.6 is 11.3 Å². The molecular formula is C15H18FN3OS. The summed E-state index contributed by atoms with van der Waals surface area (Å²) in [5, 5.41) is 5.26. The highest BCUT2D eigenvalue weighted by atomic mass is 32.1. The third kappa shape index (κ3) is 4.34. The average Bonchev–Trinajstić information content (AvgIpc) is 2.96. The van der Waals surface area contributed by atoms with Crippen LogP contribution in [0.4, 0.5) is 4.39 Å². The number of halogens is 1. The highest BCUT2D eigenvalue weighted by Gasteiger charge is 2.14. The molecular weight excluding hydrogens is 289 g/mol. The molecule has 1 atom stereocenters. The van der Waals surface area contributed by atoms with Gasteiger partial charge in [0.2, 0.25) is 0 Å². The summed E-state index contributed by atoms with van der Waals surface area (Å²) >= 11 is 1.40. The number of carbonyl (C=O) groups excluding carboxylic acids is 1. The van der Waals surface area contributed by atoms with E-state index in [9.17, 15) is 9.18 Å². The standard InChI is InChI=1S/C15H18FN3OS/c1-2-3-12(17)15-19-13(9-21-15)14(20)18-8-10-4-6-11(16)7-5-10/h4-7,9,12H,2-3,8,17H2,1H3,(H,18,20). The molecule has 1 aromatic heterocycles. The van der Waals surface area contributed by atoms with E-state index in [0.29, 0.717) is 12.2 Å². The van der Waals surface area contributed by atoms with Gasteiger partial charge in [0.05, 0.1) is 6.04 Å². The molecule has 6 heteroatoms. The Bertz CT molecular complexity index is 597. The lowest BCUT2D eigenvalue weighted by Crippen LogP contribution is -2.23. The number of rotatable bonds is 6. The Morgan fingerprint density at radius 2 is 2.14 bits per heavy atom. The van der Waals surface area contributed by atoms with Gasteiger partial charge >= 0.3 is 0 Å². The van der Waals surface area contributed by atoms with E-state index in [4.69, 9.17) is 5.73 Å². The van der Waals surface area contributed by atoms with Gasteiger partial charge in [0.15, 0.2) is 0 Å². The van der Waals surface area contributed by atoms with E-state index in [-0.39, 0.29) is 17.8 Å². The number of carbonyl (C=O) groups is 1. The van der Waals surface area contributed by atoms with Crippen LogP contribution in [0, 0.1) is 5.82 Å². The number of thiazole rings is 1. The summed E-state index contributed by atoms with van der Waals surface area (Å²) in [4.78, 5) is 16.3. The second kappa shape index (κ2) is 7.28. The van der Waals surface area contributed by atoms with E-state index in [2.05, 4.69) is 17.2 Å². The molecule has 0 spiro atoms. The van der Waals surface area contributed by atoms with Crippen molar-refractivity contribution in [2.75, 3.05) is 0 Å². The summed E-state index contributed by atoms with van der Waals surface area (Å²) in [5.74, 6) is -0.537. The van der Waals surface area contributed by atoms with Crippen molar-refractivity contribution in [3.63, 3.8) is 0 Å². The zero-order valence-corrected chi connectivity index (χ0v) is 12.6. The van der Waals surface area contributed by atoms with Gasteiger partial charge in [-0.25, -0.2) is 9.37 Å². The van der Waals surface area contributed by atoms with E-state index in [1.54, 1.807) is 17.5 Å².